The van der Waals surface area contributed by atoms with E-state index in [-0.39, 0.29) is 12.4 Å². The molecule has 5 nitrogen and oxygen atoms in total. The molecule has 0 amide bonds. The summed E-state index contributed by atoms with van der Waals surface area (Å²) < 4.78 is 10.1. The lowest BCUT2D eigenvalue weighted by Crippen LogP contribution is -2.21. The molecule has 6 heteroatoms. The quantitative estimate of drug-likeness (QED) is 0.824. The van der Waals surface area contributed by atoms with Gasteiger partial charge in [0.15, 0.2) is 16.3 Å². The highest BCUT2D eigenvalue weighted by molar-refractivity contribution is 9.06. The lowest BCUT2D eigenvalue weighted by Gasteiger charge is -2.19. The molecule has 0 aromatic heterocycles. The van der Waals surface area contributed by atoms with E-state index in [0.717, 1.165) is 11.1 Å². The molecule has 3 rings (SSSR count). The first kappa shape index (κ1) is 19.0. The maximum absolute atomic E-state index is 11.5. The summed E-state index contributed by atoms with van der Waals surface area (Å²) in [7, 11) is 0. The van der Waals surface area contributed by atoms with Gasteiger partial charge in [-0.2, -0.15) is 0 Å². The van der Waals surface area contributed by atoms with Crippen molar-refractivity contribution < 1.29 is 18.5 Å². The number of phenols is 1. The Kier molecular flexibility index (Phi) is 6.58. The molecule has 0 bridgehead atoms. The van der Waals surface area contributed by atoms with Crippen molar-refractivity contribution in [2.45, 2.75) is 25.8 Å². The minimum Gasteiger partial charge on any atom is -0.508 e. The SMILES string of the molecule is CCOC1=NC(C)(CC(=O)OBr)c2ccccc21.Oc1ccccc1. The van der Waals surface area contributed by atoms with Gasteiger partial charge in [-0.15, -0.1) is 0 Å². The molecule has 0 fully saturated rings. The normalized spacial score (nSPS) is 17.6. The summed E-state index contributed by atoms with van der Waals surface area (Å²) in [6.07, 6.45) is 0.172. The molecule has 2 aromatic rings. The highest BCUT2D eigenvalue weighted by Gasteiger charge is 2.38. The first-order valence-corrected chi connectivity index (χ1v) is 8.53. The van der Waals surface area contributed by atoms with Crippen LogP contribution in [0.3, 0.4) is 0 Å². The molecular formula is C19H20BrNO4. The number of para-hydroxylation sites is 1. The van der Waals surface area contributed by atoms with Crippen molar-refractivity contribution in [1.29, 1.82) is 0 Å². The van der Waals surface area contributed by atoms with Gasteiger partial charge >= 0.3 is 5.97 Å². The molecule has 1 aliphatic heterocycles. The molecule has 25 heavy (non-hydrogen) atoms. The van der Waals surface area contributed by atoms with E-state index in [1.807, 2.05) is 44.2 Å². The van der Waals surface area contributed by atoms with E-state index in [1.165, 1.54) is 0 Å². The van der Waals surface area contributed by atoms with E-state index in [0.29, 0.717) is 18.3 Å². The predicted molar refractivity (Wildman–Crippen MR) is 99.7 cm³/mol. The number of carbonyl (C=O) groups is 1. The predicted octanol–water partition coefficient (Wildman–Crippen LogP) is 4.33. The molecule has 1 aliphatic rings. The number of carbonyl (C=O) groups excluding carboxylic acids is 1. The van der Waals surface area contributed by atoms with Crippen LogP contribution in [-0.2, 0) is 18.9 Å². The van der Waals surface area contributed by atoms with Crippen LogP contribution in [0.2, 0.25) is 0 Å². The standard InChI is InChI=1S/C13H14BrNO3.C6H6O/c1-3-17-12-9-6-4-5-7-10(9)13(2,15-12)8-11(16)18-14;7-6-4-2-1-3-5-6/h4-7H,3,8H2,1-2H3;1-5,7H. The van der Waals surface area contributed by atoms with Gasteiger partial charge in [0.2, 0.25) is 5.90 Å². The second-order valence-electron chi connectivity index (χ2n) is 5.63. The van der Waals surface area contributed by atoms with Crippen LogP contribution >= 0.6 is 16.3 Å². The van der Waals surface area contributed by atoms with Crippen LogP contribution < -0.4 is 0 Å². The minimum atomic E-state index is -0.619. The van der Waals surface area contributed by atoms with E-state index in [9.17, 15) is 4.79 Å². The van der Waals surface area contributed by atoms with Crippen LogP contribution in [0, 0.1) is 0 Å². The van der Waals surface area contributed by atoms with E-state index in [4.69, 9.17) is 9.84 Å². The molecule has 1 unspecified atom stereocenters. The van der Waals surface area contributed by atoms with E-state index < -0.39 is 5.54 Å². The van der Waals surface area contributed by atoms with E-state index in [2.05, 4.69) is 25.1 Å². The first-order chi connectivity index (χ1) is 12.0. The summed E-state index contributed by atoms with van der Waals surface area (Å²) in [4.78, 5) is 16.0. The lowest BCUT2D eigenvalue weighted by atomic mass is 9.89. The molecule has 0 spiro atoms. The maximum Gasteiger partial charge on any atom is 0.320 e. The van der Waals surface area contributed by atoms with Crippen LogP contribution in [0.5, 0.6) is 5.75 Å². The lowest BCUT2D eigenvalue weighted by molar-refractivity contribution is -0.133. The first-order valence-electron chi connectivity index (χ1n) is 7.88. The number of benzene rings is 2. The number of halogens is 1. The zero-order valence-electron chi connectivity index (χ0n) is 14.1. The summed E-state index contributed by atoms with van der Waals surface area (Å²) in [6, 6.07) is 16.5. The van der Waals surface area contributed by atoms with Crippen LogP contribution in [0.25, 0.3) is 0 Å². The van der Waals surface area contributed by atoms with Gasteiger partial charge in [-0.05, 0) is 37.6 Å². The highest BCUT2D eigenvalue weighted by atomic mass is 79.9. The van der Waals surface area contributed by atoms with Gasteiger partial charge in [-0.1, -0.05) is 36.4 Å². The number of ether oxygens (including phenoxy) is 1. The number of aliphatic imine (C=N–C) groups is 1. The fraction of sp³-hybridized carbons (Fsp3) is 0.263. The summed E-state index contributed by atoms with van der Waals surface area (Å²) in [5.41, 5.74) is 1.32. The van der Waals surface area contributed by atoms with E-state index >= 15 is 0 Å². The fourth-order valence-corrected chi connectivity index (χ4v) is 2.72. The van der Waals surface area contributed by atoms with E-state index in [1.54, 1.807) is 24.3 Å². The molecule has 0 radical (unpaired) electrons. The molecule has 132 valence electrons. The van der Waals surface area contributed by atoms with Gasteiger partial charge in [0.05, 0.1) is 18.6 Å². The largest absolute Gasteiger partial charge is 0.508 e. The van der Waals surface area contributed by atoms with Crippen molar-refractivity contribution in [1.82, 2.24) is 0 Å². The van der Waals surface area contributed by atoms with Crippen molar-refractivity contribution >= 4 is 28.1 Å². The zero-order valence-corrected chi connectivity index (χ0v) is 15.7. The fourth-order valence-electron chi connectivity index (χ4n) is 2.60. The summed E-state index contributed by atoms with van der Waals surface area (Å²) in [5, 5.41) is 8.63. The number of hydrogen-bond donors (Lipinski definition) is 1. The molecule has 1 heterocycles. The Hall–Kier alpha value is -2.34. The maximum atomic E-state index is 11.5. The average Bonchev–Trinajstić information content (AvgIpc) is 2.89. The van der Waals surface area contributed by atoms with Crippen LogP contribution in [0.4, 0.5) is 0 Å². The molecule has 0 aliphatic carbocycles. The number of rotatable bonds is 3. The minimum absolute atomic E-state index is 0.172. The number of nitrogens with zero attached hydrogens (tertiary/aromatic N) is 1. The zero-order chi connectivity index (χ0) is 18.3. The second kappa shape index (κ2) is 8.67. The van der Waals surface area contributed by atoms with Crippen LogP contribution in [0.15, 0.2) is 59.6 Å². The molecule has 0 saturated carbocycles. The smallest absolute Gasteiger partial charge is 0.320 e. The molecule has 1 N–H and O–H groups in total. The van der Waals surface area contributed by atoms with Crippen molar-refractivity contribution in [2.75, 3.05) is 6.61 Å². The van der Waals surface area contributed by atoms with Gasteiger partial charge in [-0.25, -0.2) is 4.99 Å². The third kappa shape index (κ3) is 4.82. The number of hydrogen-bond acceptors (Lipinski definition) is 5. The van der Waals surface area contributed by atoms with Gasteiger partial charge in [0.25, 0.3) is 0 Å². The number of phenolic OH excluding ortho intramolecular Hbond substituents is 1. The van der Waals surface area contributed by atoms with Gasteiger partial charge in [0.1, 0.15) is 5.75 Å². The Morgan fingerprint density at radius 1 is 1.16 bits per heavy atom. The number of fused-ring (bicyclic) bond motifs is 1. The Labute approximate surface area is 155 Å². The summed E-state index contributed by atoms with van der Waals surface area (Å²) in [6.45, 7) is 4.36. The van der Waals surface area contributed by atoms with Crippen molar-refractivity contribution in [3.63, 3.8) is 0 Å². The molecule has 2 aromatic carbocycles. The van der Waals surface area contributed by atoms with Crippen molar-refractivity contribution in [3.8, 4) is 5.75 Å². The third-order valence-electron chi connectivity index (χ3n) is 3.70. The Morgan fingerprint density at radius 3 is 2.36 bits per heavy atom. The second-order valence-corrected chi connectivity index (χ2v) is 5.95. The van der Waals surface area contributed by atoms with Gasteiger partial charge < -0.3 is 13.7 Å². The van der Waals surface area contributed by atoms with Crippen LogP contribution in [0.1, 0.15) is 31.4 Å². The Morgan fingerprint density at radius 2 is 1.80 bits per heavy atom. The van der Waals surface area contributed by atoms with Crippen LogP contribution in [-0.4, -0.2) is 23.6 Å². The molecular weight excluding hydrogens is 386 g/mol. The van der Waals surface area contributed by atoms with Crippen molar-refractivity contribution in [2.24, 2.45) is 4.99 Å². The number of aromatic hydroxyl groups is 1. The molecule has 0 saturated heterocycles. The Bertz CT molecular complexity index is 748. The summed E-state index contributed by atoms with van der Waals surface area (Å²) >= 11 is 2.70. The third-order valence-corrected chi connectivity index (χ3v) is 4.06. The average molecular weight is 406 g/mol. The monoisotopic (exact) mass is 405 g/mol. The van der Waals surface area contributed by atoms with Gasteiger partial charge in [0, 0.05) is 5.56 Å². The Balaban J connectivity index is 0.000000269. The summed E-state index contributed by atoms with van der Waals surface area (Å²) in [5.74, 6) is 0.564. The van der Waals surface area contributed by atoms with Crippen molar-refractivity contribution in [3.05, 3.63) is 65.7 Å². The molecule has 1 atom stereocenters. The van der Waals surface area contributed by atoms with Gasteiger partial charge in [-0.3, -0.25) is 4.79 Å². The highest BCUT2D eigenvalue weighted by Crippen LogP contribution is 2.38. The topological polar surface area (TPSA) is 68.1 Å².